The number of anilines is 2. The minimum absolute atomic E-state index is 0.629. The molecule has 2 rings (SSSR count). The SMILES string of the molecule is CSc1ccc(Nc2snc(C)c2C#N)cc1. The van der Waals surface area contributed by atoms with Gasteiger partial charge in [-0.25, -0.2) is 0 Å². The van der Waals surface area contributed by atoms with Gasteiger partial charge in [-0.2, -0.15) is 9.64 Å². The van der Waals surface area contributed by atoms with Crippen LogP contribution in [0.3, 0.4) is 0 Å². The Labute approximate surface area is 109 Å². The molecule has 5 heteroatoms. The highest BCUT2D eigenvalue weighted by atomic mass is 32.2. The lowest BCUT2D eigenvalue weighted by molar-refractivity contribution is 1.31. The number of rotatable bonds is 3. The predicted octanol–water partition coefficient (Wildman–Crippen LogP) is 3.79. The summed E-state index contributed by atoms with van der Waals surface area (Å²) in [5, 5.41) is 13.0. The maximum absolute atomic E-state index is 9.02. The smallest absolute Gasteiger partial charge is 0.132 e. The Morgan fingerprint density at radius 3 is 2.65 bits per heavy atom. The normalized spacial score (nSPS) is 9.94. The molecule has 0 fully saturated rings. The molecular formula is C12H11N3S2. The summed E-state index contributed by atoms with van der Waals surface area (Å²) >= 11 is 3.02. The molecule has 0 radical (unpaired) electrons. The fraction of sp³-hybridized carbons (Fsp3) is 0.167. The third-order valence-corrected chi connectivity index (χ3v) is 3.92. The van der Waals surface area contributed by atoms with Gasteiger partial charge in [0.05, 0.1) is 5.69 Å². The molecule has 0 saturated heterocycles. The van der Waals surface area contributed by atoms with E-state index < -0.39 is 0 Å². The number of nitrogens with zero attached hydrogens (tertiary/aromatic N) is 2. The number of nitriles is 1. The molecule has 0 aliphatic heterocycles. The average Bonchev–Trinajstić information content (AvgIpc) is 2.71. The van der Waals surface area contributed by atoms with Crippen LogP contribution in [0.5, 0.6) is 0 Å². The Balaban J connectivity index is 2.23. The van der Waals surface area contributed by atoms with E-state index >= 15 is 0 Å². The first-order valence-electron chi connectivity index (χ1n) is 5.02. The first-order valence-corrected chi connectivity index (χ1v) is 7.02. The van der Waals surface area contributed by atoms with Crippen LogP contribution < -0.4 is 5.32 Å². The van der Waals surface area contributed by atoms with Gasteiger partial charge in [-0.15, -0.1) is 11.8 Å². The third kappa shape index (κ3) is 2.60. The Morgan fingerprint density at radius 1 is 1.35 bits per heavy atom. The molecule has 0 unspecified atom stereocenters. The summed E-state index contributed by atoms with van der Waals surface area (Å²) in [4.78, 5) is 1.22. The second-order valence-electron chi connectivity index (χ2n) is 3.44. The molecule has 86 valence electrons. The first kappa shape index (κ1) is 12.0. The summed E-state index contributed by atoms with van der Waals surface area (Å²) in [6, 6.07) is 10.3. The van der Waals surface area contributed by atoms with E-state index in [-0.39, 0.29) is 0 Å². The van der Waals surface area contributed by atoms with Crippen molar-refractivity contribution in [3.8, 4) is 6.07 Å². The molecule has 0 amide bonds. The number of benzene rings is 1. The molecule has 0 atom stereocenters. The van der Waals surface area contributed by atoms with Crippen LogP contribution in [0.4, 0.5) is 10.7 Å². The van der Waals surface area contributed by atoms with Crippen LogP contribution in [0, 0.1) is 18.3 Å². The highest BCUT2D eigenvalue weighted by molar-refractivity contribution is 7.98. The summed E-state index contributed by atoms with van der Waals surface area (Å²) in [5.41, 5.74) is 2.38. The van der Waals surface area contributed by atoms with E-state index in [9.17, 15) is 0 Å². The topological polar surface area (TPSA) is 48.7 Å². The van der Waals surface area contributed by atoms with Crippen LogP contribution in [-0.4, -0.2) is 10.6 Å². The monoisotopic (exact) mass is 261 g/mol. The van der Waals surface area contributed by atoms with Crippen molar-refractivity contribution in [1.29, 1.82) is 5.26 Å². The third-order valence-electron chi connectivity index (χ3n) is 2.32. The highest BCUT2D eigenvalue weighted by Gasteiger charge is 2.09. The number of hydrogen-bond donors (Lipinski definition) is 1. The lowest BCUT2D eigenvalue weighted by atomic mass is 10.2. The van der Waals surface area contributed by atoms with Gasteiger partial charge in [0.2, 0.25) is 0 Å². The van der Waals surface area contributed by atoms with E-state index in [0.29, 0.717) is 5.56 Å². The van der Waals surface area contributed by atoms with Gasteiger partial charge in [-0.3, -0.25) is 0 Å². The van der Waals surface area contributed by atoms with Gasteiger partial charge in [0.25, 0.3) is 0 Å². The van der Waals surface area contributed by atoms with Crippen molar-refractivity contribution in [2.75, 3.05) is 11.6 Å². The molecule has 1 aromatic heterocycles. The highest BCUT2D eigenvalue weighted by Crippen LogP contribution is 2.28. The van der Waals surface area contributed by atoms with Crippen LogP contribution in [0.2, 0.25) is 0 Å². The van der Waals surface area contributed by atoms with Crippen LogP contribution in [0.25, 0.3) is 0 Å². The molecule has 0 bridgehead atoms. The molecular weight excluding hydrogens is 250 g/mol. The number of aromatic nitrogens is 1. The summed E-state index contributed by atoms with van der Waals surface area (Å²) in [6.45, 7) is 1.84. The largest absolute Gasteiger partial charge is 0.345 e. The number of nitrogens with one attached hydrogen (secondary N) is 1. The zero-order chi connectivity index (χ0) is 12.3. The molecule has 17 heavy (non-hydrogen) atoms. The van der Waals surface area contributed by atoms with Gasteiger partial charge in [0, 0.05) is 10.6 Å². The molecule has 0 saturated carbocycles. The quantitative estimate of drug-likeness (QED) is 0.854. The van der Waals surface area contributed by atoms with E-state index in [2.05, 4.69) is 15.8 Å². The Morgan fingerprint density at radius 2 is 2.06 bits per heavy atom. The molecule has 0 aliphatic carbocycles. The number of hydrogen-bond acceptors (Lipinski definition) is 5. The first-order chi connectivity index (χ1) is 8.24. The van der Waals surface area contributed by atoms with Crippen LogP contribution >= 0.6 is 23.3 Å². The van der Waals surface area contributed by atoms with Gasteiger partial charge < -0.3 is 5.32 Å². The lowest BCUT2D eigenvalue weighted by Gasteiger charge is -2.04. The van der Waals surface area contributed by atoms with Crippen molar-refractivity contribution in [1.82, 2.24) is 4.37 Å². The van der Waals surface area contributed by atoms with Crippen molar-refractivity contribution >= 4 is 34.0 Å². The maximum atomic E-state index is 9.02. The van der Waals surface area contributed by atoms with Gasteiger partial charge in [0.1, 0.15) is 16.6 Å². The second kappa shape index (κ2) is 5.21. The molecule has 1 N–H and O–H groups in total. The van der Waals surface area contributed by atoms with E-state index in [1.807, 2.05) is 37.4 Å². The van der Waals surface area contributed by atoms with Crippen LogP contribution in [0.1, 0.15) is 11.3 Å². The summed E-state index contributed by atoms with van der Waals surface area (Å²) in [6.07, 6.45) is 2.04. The van der Waals surface area contributed by atoms with Gasteiger partial charge in [-0.05, 0) is 49.0 Å². The zero-order valence-corrected chi connectivity index (χ0v) is 11.2. The Hall–Kier alpha value is -1.51. The minimum Gasteiger partial charge on any atom is -0.345 e. The predicted molar refractivity (Wildman–Crippen MR) is 73.1 cm³/mol. The second-order valence-corrected chi connectivity index (χ2v) is 5.09. The van der Waals surface area contributed by atoms with E-state index in [0.717, 1.165) is 16.4 Å². The molecule has 3 nitrogen and oxygen atoms in total. The summed E-state index contributed by atoms with van der Waals surface area (Å²) < 4.78 is 4.17. The minimum atomic E-state index is 0.629. The fourth-order valence-electron chi connectivity index (χ4n) is 1.39. The fourth-order valence-corrected chi connectivity index (χ4v) is 2.57. The Bertz CT molecular complexity index is 552. The molecule has 2 aromatic rings. The van der Waals surface area contributed by atoms with Crippen LogP contribution in [-0.2, 0) is 0 Å². The number of thioether (sulfide) groups is 1. The summed E-state index contributed by atoms with van der Waals surface area (Å²) in [5.74, 6) is 0. The van der Waals surface area contributed by atoms with Crippen molar-refractivity contribution in [2.45, 2.75) is 11.8 Å². The van der Waals surface area contributed by atoms with Gasteiger partial charge in [-0.1, -0.05) is 0 Å². The lowest BCUT2D eigenvalue weighted by Crippen LogP contribution is -1.90. The zero-order valence-electron chi connectivity index (χ0n) is 9.52. The summed E-state index contributed by atoms with van der Waals surface area (Å²) in [7, 11) is 0. The van der Waals surface area contributed by atoms with Crippen LogP contribution in [0.15, 0.2) is 29.2 Å². The average molecular weight is 261 g/mol. The van der Waals surface area contributed by atoms with Gasteiger partial charge in [0.15, 0.2) is 0 Å². The number of aryl methyl sites for hydroxylation is 1. The molecule has 1 aromatic carbocycles. The molecule has 0 spiro atoms. The van der Waals surface area contributed by atoms with E-state index in [1.54, 1.807) is 11.8 Å². The standard InChI is InChI=1S/C12H11N3S2/c1-8-11(7-13)12(17-15-8)14-9-3-5-10(16-2)6-4-9/h3-6,14H,1-2H3. The Kier molecular flexibility index (Phi) is 3.67. The van der Waals surface area contributed by atoms with Crippen molar-refractivity contribution in [3.63, 3.8) is 0 Å². The maximum Gasteiger partial charge on any atom is 0.132 e. The van der Waals surface area contributed by atoms with E-state index in [4.69, 9.17) is 5.26 Å². The van der Waals surface area contributed by atoms with Gasteiger partial charge >= 0.3 is 0 Å². The van der Waals surface area contributed by atoms with Crippen molar-refractivity contribution in [2.24, 2.45) is 0 Å². The van der Waals surface area contributed by atoms with Crippen molar-refractivity contribution < 1.29 is 0 Å². The van der Waals surface area contributed by atoms with Crippen molar-refractivity contribution in [3.05, 3.63) is 35.5 Å². The van der Waals surface area contributed by atoms with E-state index in [1.165, 1.54) is 16.4 Å². The molecule has 0 aliphatic rings. The molecule has 1 heterocycles.